The molecule has 2 atom stereocenters. The van der Waals surface area contributed by atoms with Crippen molar-refractivity contribution in [3.63, 3.8) is 0 Å². The summed E-state index contributed by atoms with van der Waals surface area (Å²) in [6, 6.07) is 10.5. The van der Waals surface area contributed by atoms with Crippen LogP contribution in [0.3, 0.4) is 0 Å². The number of carbonyl (C=O) groups excluding carboxylic acids is 1. The second-order valence-electron chi connectivity index (χ2n) is 6.01. The van der Waals surface area contributed by atoms with Gasteiger partial charge in [0.1, 0.15) is 5.25 Å². The first-order valence-electron chi connectivity index (χ1n) is 8.72. The van der Waals surface area contributed by atoms with Crippen molar-refractivity contribution in [2.24, 2.45) is 5.72 Å². The van der Waals surface area contributed by atoms with E-state index in [1.165, 1.54) is 24.3 Å². The number of halogens is 3. The topological polar surface area (TPSA) is 107 Å². The van der Waals surface area contributed by atoms with Crippen molar-refractivity contribution in [1.82, 2.24) is 0 Å². The average molecular weight is 415 g/mol. The number of benzene rings is 2. The van der Waals surface area contributed by atoms with Gasteiger partial charge >= 0.3 is 6.18 Å². The summed E-state index contributed by atoms with van der Waals surface area (Å²) >= 11 is 0. The molecule has 0 radical (unpaired) electrons. The smallest absolute Gasteiger partial charge is 0.416 e. The molecule has 0 saturated heterocycles. The Morgan fingerprint density at radius 1 is 1.11 bits per heavy atom. The molecule has 3 N–H and O–H groups in total. The molecule has 0 fully saturated rings. The van der Waals surface area contributed by atoms with Gasteiger partial charge in [0.25, 0.3) is 10.1 Å². The molecule has 0 aliphatic carbocycles. The number of hydrogen-bond acceptors (Lipinski definition) is 5. The van der Waals surface area contributed by atoms with Gasteiger partial charge in [-0.2, -0.15) is 21.6 Å². The number of ether oxygens (including phenoxy) is 1. The molecule has 0 aromatic heterocycles. The number of nitrogens with two attached hydrogens (primary N) is 1. The molecule has 28 heavy (non-hydrogen) atoms. The number of Topliss-reactive ketones (excluding diaryl/α,β-unsaturated/α-hetero) is 1. The molecule has 0 saturated carbocycles. The SMILES string of the molecule is [2H]N([2H])C1=C(C(c2ccccc2)S(=O)(=O)O)C(=O)C(c2ccc(C(F)(F)F)cc2)O1. The summed E-state index contributed by atoms with van der Waals surface area (Å²) in [4.78, 5) is 13.0. The predicted octanol–water partition coefficient (Wildman–Crippen LogP) is 3.15. The molecule has 148 valence electrons. The van der Waals surface area contributed by atoms with Gasteiger partial charge in [-0.3, -0.25) is 9.35 Å². The first-order valence-corrected chi connectivity index (χ1v) is 9.33. The molecule has 2 aromatic rings. The van der Waals surface area contributed by atoms with Gasteiger partial charge in [-0.1, -0.05) is 42.5 Å². The minimum atomic E-state index is -4.93. The second-order valence-corrected chi connectivity index (χ2v) is 7.51. The standard InChI is InChI=1S/C18H14F3NO5S/c19-18(20,21)12-8-6-10(7-9-12)15-14(23)13(17(22)27-15)16(28(24,25)26)11-4-2-1-3-5-11/h1-9,15-16H,22H2,(H,24,25,26)/i/hD2. The third-order valence-electron chi connectivity index (χ3n) is 4.17. The van der Waals surface area contributed by atoms with Crippen molar-refractivity contribution in [2.75, 3.05) is 0 Å². The molecule has 0 bridgehead atoms. The van der Waals surface area contributed by atoms with Crippen LogP contribution < -0.4 is 5.72 Å². The largest absolute Gasteiger partial charge is 0.463 e. The Kier molecular flexibility index (Phi) is 4.29. The molecule has 0 spiro atoms. The molecule has 10 heteroatoms. The molecular formula is C18H14F3NO5S. The van der Waals surface area contributed by atoms with Crippen molar-refractivity contribution >= 4 is 15.9 Å². The molecule has 2 unspecified atom stereocenters. The summed E-state index contributed by atoms with van der Waals surface area (Å²) in [5.74, 6) is -1.75. The Balaban J connectivity index is 2.07. The lowest BCUT2D eigenvalue weighted by molar-refractivity contribution is -0.137. The zero-order valence-corrected chi connectivity index (χ0v) is 14.7. The highest BCUT2D eigenvalue weighted by Gasteiger charge is 2.44. The van der Waals surface area contributed by atoms with Crippen LogP contribution in [0.15, 0.2) is 66.1 Å². The number of carbonyl (C=O) groups is 1. The molecule has 6 nitrogen and oxygen atoms in total. The van der Waals surface area contributed by atoms with E-state index in [9.17, 15) is 30.9 Å². The van der Waals surface area contributed by atoms with Crippen LogP contribution in [0.2, 0.25) is 2.82 Å². The zero-order valence-electron chi connectivity index (χ0n) is 15.9. The number of ketones is 1. The van der Waals surface area contributed by atoms with E-state index in [0.717, 1.165) is 24.3 Å². The summed E-state index contributed by atoms with van der Waals surface area (Å²) in [6.07, 6.45) is -6.18. The van der Waals surface area contributed by atoms with Crippen LogP contribution in [-0.2, 0) is 25.8 Å². The van der Waals surface area contributed by atoms with Gasteiger partial charge in [-0.25, -0.2) is 0 Å². The van der Waals surface area contributed by atoms with Crippen LogP contribution in [0.25, 0.3) is 0 Å². The fourth-order valence-corrected chi connectivity index (χ4v) is 3.91. The third kappa shape index (κ3) is 3.73. The molecule has 2 aromatic carbocycles. The van der Waals surface area contributed by atoms with Crippen LogP contribution >= 0.6 is 0 Å². The van der Waals surface area contributed by atoms with E-state index in [-0.39, 0.29) is 16.8 Å². The maximum Gasteiger partial charge on any atom is 0.416 e. The second kappa shape index (κ2) is 6.95. The normalized spacial score (nSPS) is 19.7. The summed E-state index contributed by atoms with van der Waals surface area (Å²) in [5.41, 5.74) is -1.81. The van der Waals surface area contributed by atoms with E-state index in [2.05, 4.69) is 0 Å². The van der Waals surface area contributed by atoms with Gasteiger partial charge in [0, 0.05) is 5.56 Å². The lowest BCUT2D eigenvalue weighted by Gasteiger charge is -2.15. The highest BCUT2D eigenvalue weighted by molar-refractivity contribution is 7.86. The first-order chi connectivity index (χ1) is 13.9. The van der Waals surface area contributed by atoms with E-state index in [4.69, 9.17) is 7.56 Å². The Morgan fingerprint density at radius 2 is 1.71 bits per heavy atom. The number of rotatable bonds is 5. The highest BCUT2D eigenvalue weighted by atomic mass is 32.2. The fourth-order valence-electron chi connectivity index (χ4n) is 2.90. The molecular weight excluding hydrogens is 399 g/mol. The van der Waals surface area contributed by atoms with Crippen molar-refractivity contribution in [1.29, 1.82) is 0 Å². The maximum atomic E-state index is 13.0. The molecule has 1 aliphatic heterocycles. The monoisotopic (exact) mass is 415 g/mol. The van der Waals surface area contributed by atoms with Crippen LogP contribution in [0.4, 0.5) is 13.2 Å². The van der Waals surface area contributed by atoms with E-state index in [0.29, 0.717) is 0 Å². The average Bonchev–Trinajstić information content (AvgIpc) is 2.98. The van der Waals surface area contributed by atoms with Gasteiger partial charge < -0.3 is 10.5 Å². The van der Waals surface area contributed by atoms with Crippen LogP contribution in [0, 0.1) is 0 Å². The Hall–Kier alpha value is -2.85. The highest BCUT2D eigenvalue weighted by Crippen LogP contribution is 2.41. The first kappa shape index (κ1) is 17.3. The summed E-state index contributed by atoms with van der Waals surface area (Å²) < 4.78 is 92.4. The Bertz CT molecular complexity index is 1090. The minimum absolute atomic E-state index is 0.0145. The zero-order chi connectivity index (χ0) is 22.3. The van der Waals surface area contributed by atoms with Crippen LogP contribution in [0.1, 0.15) is 28.0 Å². The van der Waals surface area contributed by atoms with Gasteiger partial charge in [0.2, 0.25) is 5.78 Å². The lowest BCUT2D eigenvalue weighted by atomic mass is 9.96. The van der Waals surface area contributed by atoms with E-state index < -0.39 is 50.5 Å². The quantitative estimate of drug-likeness (QED) is 0.727. The lowest BCUT2D eigenvalue weighted by Crippen LogP contribution is -2.21. The third-order valence-corrected chi connectivity index (χ3v) is 5.27. The van der Waals surface area contributed by atoms with Gasteiger partial charge in [-0.05, 0) is 17.7 Å². The molecule has 1 heterocycles. The van der Waals surface area contributed by atoms with E-state index in [1.807, 2.05) is 0 Å². The predicted molar refractivity (Wildman–Crippen MR) is 92.2 cm³/mol. The fraction of sp³-hybridized carbons (Fsp3) is 0.167. The van der Waals surface area contributed by atoms with Crippen molar-refractivity contribution in [3.8, 4) is 0 Å². The minimum Gasteiger partial charge on any atom is -0.463 e. The van der Waals surface area contributed by atoms with Crippen molar-refractivity contribution in [3.05, 3.63) is 82.7 Å². The van der Waals surface area contributed by atoms with Gasteiger partial charge in [0.15, 0.2) is 14.8 Å². The number of alkyl halides is 3. The molecule has 3 rings (SSSR count). The summed E-state index contributed by atoms with van der Waals surface area (Å²) in [5, 5.41) is -1.95. The summed E-state index contributed by atoms with van der Waals surface area (Å²) in [7, 11) is -4.93. The Morgan fingerprint density at radius 3 is 2.21 bits per heavy atom. The van der Waals surface area contributed by atoms with Crippen molar-refractivity contribution in [2.45, 2.75) is 17.5 Å². The van der Waals surface area contributed by atoms with Crippen LogP contribution in [-0.4, -0.2) is 18.8 Å². The summed E-state index contributed by atoms with van der Waals surface area (Å²) in [6.45, 7) is 0. The van der Waals surface area contributed by atoms with Gasteiger partial charge in [0.05, 0.1) is 11.1 Å². The van der Waals surface area contributed by atoms with E-state index >= 15 is 0 Å². The maximum absolute atomic E-state index is 13.0. The van der Waals surface area contributed by atoms with Gasteiger partial charge in [-0.15, -0.1) is 0 Å². The molecule has 1 aliphatic rings. The number of hydrogen-bond donors (Lipinski definition) is 2. The Labute approximate surface area is 161 Å². The van der Waals surface area contributed by atoms with Crippen LogP contribution in [0.5, 0.6) is 0 Å². The van der Waals surface area contributed by atoms with E-state index in [1.54, 1.807) is 6.07 Å². The molecule has 0 amide bonds. The van der Waals surface area contributed by atoms with Crippen molar-refractivity contribution < 1.29 is 38.5 Å².